The maximum absolute atomic E-state index is 4.17. The van der Waals surface area contributed by atoms with Crippen LogP contribution < -0.4 is 5.32 Å². The molecule has 1 aromatic carbocycles. The highest BCUT2D eigenvalue weighted by molar-refractivity contribution is 8.00. The van der Waals surface area contributed by atoms with Gasteiger partial charge in [0.15, 0.2) is 0 Å². The van der Waals surface area contributed by atoms with Gasteiger partial charge in [-0.1, -0.05) is 44.5 Å². The van der Waals surface area contributed by atoms with Crippen LogP contribution in [0.4, 0.5) is 0 Å². The van der Waals surface area contributed by atoms with Crippen molar-refractivity contribution in [3.8, 4) is 0 Å². The lowest BCUT2D eigenvalue weighted by molar-refractivity contribution is 0.170. The summed E-state index contributed by atoms with van der Waals surface area (Å²) < 4.78 is 0.229. The molecule has 1 atom stereocenters. The van der Waals surface area contributed by atoms with E-state index in [-0.39, 0.29) is 4.75 Å². The fraction of sp³-hybridized carbons (Fsp3) is 0.579. The summed E-state index contributed by atoms with van der Waals surface area (Å²) in [6.45, 7) is 17.6. The van der Waals surface area contributed by atoms with Crippen molar-refractivity contribution < 1.29 is 0 Å². The third-order valence-corrected chi connectivity index (χ3v) is 5.03. The van der Waals surface area contributed by atoms with Gasteiger partial charge in [0.1, 0.15) is 0 Å². The minimum Gasteiger partial charge on any atom is -0.314 e. The van der Waals surface area contributed by atoms with Crippen LogP contribution in [0.2, 0.25) is 0 Å². The molecule has 0 aliphatic carbocycles. The Bertz CT molecular complexity index is 498. The number of piperazine rings is 1. The van der Waals surface area contributed by atoms with E-state index in [4.69, 9.17) is 0 Å². The fourth-order valence-corrected chi connectivity index (χ4v) is 4.07. The van der Waals surface area contributed by atoms with Crippen molar-refractivity contribution in [1.82, 2.24) is 10.2 Å². The second-order valence-corrected chi connectivity index (χ2v) is 9.08. The Kier molecular flexibility index (Phi) is 6.13. The van der Waals surface area contributed by atoms with E-state index in [9.17, 15) is 0 Å². The van der Waals surface area contributed by atoms with Crippen LogP contribution >= 0.6 is 11.8 Å². The number of rotatable bonds is 5. The molecule has 1 aliphatic rings. The van der Waals surface area contributed by atoms with E-state index in [1.807, 2.05) is 11.8 Å². The first-order chi connectivity index (χ1) is 10.4. The topological polar surface area (TPSA) is 15.3 Å². The molecule has 1 heterocycles. The average Bonchev–Trinajstić information content (AvgIpc) is 2.45. The number of nitrogens with zero attached hydrogens (tertiary/aromatic N) is 1. The van der Waals surface area contributed by atoms with E-state index in [0.29, 0.717) is 6.04 Å². The van der Waals surface area contributed by atoms with E-state index in [1.165, 1.54) is 16.0 Å². The van der Waals surface area contributed by atoms with E-state index in [2.05, 4.69) is 68.8 Å². The molecule has 3 heteroatoms. The first-order valence-corrected chi connectivity index (χ1v) is 9.05. The zero-order chi connectivity index (χ0) is 16.2. The molecule has 1 aromatic rings. The first kappa shape index (κ1) is 17.6. The molecule has 0 saturated carbocycles. The molecule has 0 spiro atoms. The molecule has 0 amide bonds. The first-order valence-electron chi connectivity index (χ1n) is 8.24. The van der Waals surface area contributed by atoms with Crippen LogP contribution in [0.3, 0.4) is 0 Å². The Balaban J connectivity index is 2.31. The summed E-state index contributed by atoms with van der Waals surface area (Å²) in [5, 5.41) is 3.46. The SMILES string of the molecule is C=C(C)C[C@H](c1ccccc1SC(C)(C)C)N1CCNCC1. The van der Waals surface area contributed by atoms with Crippen molar-refractivity contribution in [2.24, 2.45) is 0 Å². The van der Waals surface area contributed by atoms with Gasteiger partial charge < -0.3 is 5.32 Å². The number of nitrogens with one attached hydrogen (secondary N) is 1. The van der Waals surface area contributed by atoms with Gasteiger partial charge in [0.05, 0.1) is 0 Å². The van der Waals surface area contributed by atoms with Gasteiger partial charge in [0, 0.05) is 41.9 Å². The zero-order valence-corrected chi connectivity index (χ0v) is 15.3. The molecule has 1 N–H and O–H groups in total. The van der Waals surface area contributed by atoms with Gasteiger partial charge in [-0.25, -0.2) is 0 Å². The largest absolute Gasteiger partial charge is 0.314 e. The molecule has 0 aromatic heterocycles. The van der Waals surface area contributed by atoms with E-state index in [1.54, 1.807) is 0 Å². The lowest BCUT2D eigenvalue weighted by Crippen LogP contribution is -2.45. The summed E-state index contributed by atoms with van der Waals surface area (Å²) in [7, 11) is 0. The monoisotopic (exact) mass is 318 g/mol. The second-order valence-electron chi connectivity index (χ2n) is 7.22. The third kappa shape index (κ3) is 5.15. The van der Waals surface area contributed by atoms with Crippen molar-refractivity contribution >= 4 is 11.8 Å². The van der Waals surface area contributed by atoms with Crippen LogP contribution in [0.15, 0.2) is 41.3 Å². The highest BCUT2D eigenvalue weighted by atomic mass is 32.2. The molecular formula is C19H30N2S. The summed E-state index contributed by atoms with van der Waals surface area (Å²) in [6, 6.07) is 9.37. The van der Waals surface area contributed by atoms with Gasteiger partial charge >= 0.3 is 0 Å². The summed E-state index contributed by atoms with van der Waals surface area (Å²) >= 11 is 1.97. The molecule has 0 radical (unpaired) electrons. The molecule has 1 saturated heterocycles. The quantitative estimate of drug-likeness (QED) is 0.636. The molecule has 2 rings (SSSR count). The zero-order valence-electron chi connectivity index (χ0n) is 14.5. The van der Waals surface area contributed by atoms with Crippen LogP contribution in [0.5, 0.6) is 0 Å². The molecule has 0 bridgehead atoms. The van der Waals surface area contributed by atoms with Crippen molar-refractivity contribution in [1.29, 1.82) is 0 Å². The molecule has 1 fully saturated rings. The van der Waals surface area contributed by atoms with Gasteiger partial charge in [0.25, 0.3) is 0 Å². The Morgan fingerprint density at radius 1 is 1.27 bits per heavy atom. The average molecular weight is 319 g/mol. The molecular weight excluding hydrogens is 288 g/mol. The van der Waals surface area contributed by atoms with E-state index < -0.39 is 0 Å². The minimum absolute atomic E-state index is 0.229. The highest BCUT2D eigenvalue weighted by Crippen LogP contribution is 2.39. The van der Waals surface area contributed by atoms with Gasteiger partial charge in [-0.15, -0.1) is 18.3 Å². The lowest BCUT2D eigenvalue weighted by Gasteiger charge is -2.36. The minimum atomic E-state index is 0.229. The Hall–Kier alpha value is -0.770. The van der Waals surface area contributed by atoms with Crippen LogP contribution in [0.25, 0.3) is 0 Å². The predicted octanol–water partition coefficient (Wildman–Crippen LogP) is 4.49. The second kappa shape index (κ2) is 7.67. The number of benzene rings is 1. The highest BCUT2D eigenvalue weighted by Gasteiger charge is 2.25. The third-order valence-electron chi connectivity index (χ3n) is 3.83. The summed E-state index contributed by atoms with van der Waals surface area (Å²) in [5.74, 6) is 0. The Labute approximate surface area is 140 Å². The number of hydrogen-bond donors (Lipinski definition) is 1. The molecule has 0 unspecified atom stereocenters. The van der Waals surface area contributed by atoms with Crippen molar-refractivity contribution in [3.05, 3.63) is 42.0 Å². The summed E-state index contributed by atoms with van der Waals surface area (Å²) in [4.78, 5) is 4.03. The van der Waals surface area contributed by atoms with E-state index in [0.717, 1.165) is 32.6 Å². The maximum Gasteiger partial charge on any atom is 0.0397 e. The summed E-state index contributed by atoms with van der Waals surface area (Å²) in [6.07, 6.45) is 1.04. The van der Waals surface area contributed by atoms with Crippen LogP contribution in [-0.2, 0) is 0 Å². The van der Waals surface area contributed by atoms with Crippen molar-refractivity contribution in [3.63, 3.8) is 0 Å². The number of hydrogen-bond acceptors (Lipinski definition) is 3. The van der Waals surface area contributed by atoms with Gasteiger partial charge in [-0.2, -0.15) is 0 Å². The van der Waals surface area contributed by atoms with Crippen molar-refractivity contribution in [2.75, 3.05) is 26.2 Å². The van der Waals surface area contributed by atoms with Crippen molar-refractivity contribution in [2.45, 2.75) is 49.8 Å². The van der Waals surface area contributed by atoms with Crippen LogP contribution in [-0.4, -0.2) is 35.8 Å². The fourth-order valence-electron chi connectivity index (χ4n) is 2.94. The smallest absolute Gasteiger partial charge is 0.0397 e. The summed E-state index contributed by atoms with van der Waals surface area (Å²) in [5.41, 5.74) is 2.73. The lowest BCUT2D eigenvalue weighted by atomic mass is 9.98. The molecule has 1 aliphatic heterocycles. The van der Waals surface area contributed by atoms with Gasteiger partial charge in [-0.3, -0.25) is 4.90 Å². The van der Waals surface area contributed by atoms with Gasteiger partial charge in [-0.05, 0) is 25.0 Å². The Morgan fingerprint density at radius 3 is 2.50 bits per heavy atom. The van der Waals surface area contributed by atoms with E-state index >= 15 is 0 Å². The Morgan fingerprint density at radius 2 is 1.91 bits per heavy atom. The normalized spacial score (nSPS) is 18.2. The van der Waals surface area contributed by atoms with Crippen LogP contribution in [0, 0.1) is 0 Å². The predicted molar refractivity (Wildman–Crippen MR) is 98.7 cm³/mol. The molecule has 2 nitrogen and oxygen atoms in total. The molecule has 22 heavy (non-hydrogen) atoms. The molecule has 122 valence electrons. The van der Waals surface area contributed by atoms with Gasteiger partial charge in [0.2, 0.25) is 0 Å². The standard InChI is InChI=1S/C19H30N2S/c1-15(2)14-17(21-12-10-20-11-13-21)16-8-6-7-9-18(16)22-19(3,4)5/h6-9,17,20H,1,10-14H2,2-5H3/t17-/m1/s1. The number of thioether (sulfide) groups is 1. The maximum atomic E-state index is 4.17. The van der Waals surface area contributed by atoms with Crippen LogP contribution in [0.1, 0.15) is 45.7 Å².